The Balaban J connectivity index is 1.76. The van der Waals surface area contributed by atoms with Gasteiger partial charge in [-0.15, -0.1) is 0 Å². The van der Waals surface area contributed by atoms with Crippen molar-refractivity contribution in [2.24, 2.45) is 0 Å². The summed E-state index contributed by atoms with van der Waals surface area (Å²) in [4.78, 5) is 12.6. The molecular formula is C22H28N2O6S. The molecule has 2 aromatic carbocycles. The fraction of sp³-hybridized carbons (Fsp3) is 0.409. The van der Waals surface area contributed by atoms with Crippen LogP contribution in [0.3, 0.4) is 0 Å². The molecule has 9 heteroatoms. The number of aryl methyl sites for hydroxylation is 2. The van der Waals surface area contributed by atoms with E-state index in [1.54, 1.807) is 6.07 Å². The summed E-state index contributed by atoms with van der Waals surface area (Å²) >= 11 is 0. The Morgan fingerprint density at radius 2 is 1.77 bits per heavy atom. The van der Waals surface area contributed by atoms with Gasteiger partial charge in [0.15, 0.2) is 6.61 Å². The Labute approximate surface area is 183 Å². The van der Waals surface area contributed by atoms with Gasteiger partial charge < -0.3 is 19.5 Å². The van der Waals surface area contributed by atoms with E-state index in [9.17, 15) is 13.2 Å². The summed E-state index contributed by atoms with van der Waals surface area (Å²) in [5.74, 6) is 0.597. The van der Waals surface area contributed by atoms with E-state index in [1.165, 1.54) is 16.4 Å². The highest BCUT2D eigenvalue weighted by atomic mass is 32.2. The van der Waals surface area contributed by atoms with Gasteiger partial charge in [-0.1, -0.05) is 17.7 Å². The smallest absolute Gasteiger partial charge is 0.262 e. The largest absolute Gasteiger partial charge is 0.492 e. The van der Waals surface area contributed by atoms with Gasteiger partial charge in [-0.25, -0.2) is 8.42 Å². The van der Waals surface area contributed by atoms with Crippen molar-refractivity contribution in [1.29, 1.82) is 0 Å². The number of carbonyl (C=O) groups excluding carboxylic acids is 1. The van der Waals surface area contributed by atoms with Crippen molar-refractivity contribution >= 4 is 21.6 Å². The molecule has 0 atom stereocenters. The van der Waals surface area contributed by atoms with Crippen LogP contribution in [0.2, 0.25) is 0 Å². The fourth-order valence-corrected chi connectivity index (χ4v) is 4.71. The molecule has 1 aliphatic rings. The first-order valence-electron chi connectivity index (χ1n) is 10.2. The third-order valence-corrected chi connectivity index (χ3v) is 6.72. The molecule has 1 amide bonds. The molecule has 0 bridgehead atoms. The Morgan fingerprint density at radius 3 is 2.45 bits per heavy atom. The van der Waals surface area contributed by atoms with Gasteiger partial charge in [0.25, 0.3) is 5.91 Å². The molecule has 1 fully saturated rings. The van der Waals surface area contributed by atoms with E-state index in [-0.39, 0.29) is 17.2 Å². The number of amides is 1. The van der Waals surface area contributed by atoms with Crippen LogP contribution in [0.4, 0.5) is 5.69 Å². The van der Waals surface area contributed by atoms with Crippen molar-refractivity contribution in [3.8, 4) is 11.5 Å². The molecule has 1 heterocycles. The number of sulfonamides is 1. The maximum Gasteiger partial charge on any atom is 0.262 e. The van der Waals surface area contributed by atoms with Crippen LogP contribution in [-0.4, -0.2) is 58.1 Å². The van der Waals surface area contributed by atoms with E-state index in [0.717, 1.165) is 11.1 Å². The summed E-state index contributed by atoms with van der Waals surface area (Å²) < 4.78 is 43.7. The van der Waals surface area contributed by atoms with Gasteiger partial charge in [-0.05, 0) is 50.6 Å². The van der Waals surface area contributed by atoms with E-state index in [1.807, 2.05) is 39.0 Å². The highest BCUT2D eigenvalue weighted by Gasteiger charge is 2.27. The van der Waals surface area contributed by atoms with E-state index >= 15 is 0 Å². The van der Waals surface area contributed by atoms with Crippen LogP contribution in [0.15, 0.2) is 41.3 Å². The lowest BCUT2D eigenvalue weighted by Crippen LogP contribution is -2.40. The fourth-order valence-electron chi connectivity index (χ4n) is 3.28. The molecule has 0 spiro atoms. The monoisotopic (exact) mass is 448 g/mol. The molecule has 1 aliphatic heterocycles. The summed E-state index contributed by atoms with van der Waals surface area (Å²) in [5.41, 5.74) is 2.32. The van der Waals surface area contributed by atoms with Crippen LogP contribution in [0.25, 0.3) is 0 Å². The van der Waals surface area contributed by atoms with Gasteiger partial charge >= 0.3 is 0 Å². The van der Waals surface area contributed by atoms with Gasteiger partial charge in [0.05, 0.1) is 30.4 Å². The minimum absolute atomic E-state index is 0.0865. The highest BCUT2D eigenvalue weighted by molar-refractivity contribution is 7.89. The number of carbonyl (C=O) groups is 1. The number of benzene rings is 2. The number of rotatable bonds is 8. The van der Waals surface area contributed by atoms with Gasteiger partial charge in [0, 0.05) is 13.1 Å². The zero-order chi connectivity index (χ0) is 22.4. The lowest BCUT2D eigenvalue weighted by atomic mass is 10.1. The SMILES string of the molecule is CCOc1ccc(S(=O)(=O)N2CCOCC2)cc1NC(=O)COc1ccc(C)cc1C. The molecule has 0 aliphatic carbocycles. The average Bonchev–Trinajstić information content (AvgIpc) is 2.75. The molecule has 0 unspecified atom stereocenters. The number of anilines is 1. The number of hydrogen-bond donors (Lipinski definition) is 1. The number of nitrogens with zero attached hydrogens (tertiary/aromatic N) is 1. The quantitative estimate of drug-likeness (QED) is 0.667. The highest BCUT2D eigenvalue weighted by Crippen LogP contribution is 2.29. The molecule has 0 radical (unpaired) electrons. The minimum Gasteiger partial charge on any atom is -0.492 e. The topological polar surface area (TPSA) is 94.2 Å². The first kappa shape index (κ1) is 23.1. The molecule has 3 rings (SSSR count). The van der Waals surface area contributed by atoms with E-state index in [0.29, 0.717) is 44.4 Å². The lowest BCUT2D eigenvalue weighted by molar-refractivity contribution is -0.118. The van der Waals surface area contributed by atoms with Crippen molar-refractivity contribution in [2.75, 3.05) is 44.8 Å². The molecule has 1 saturated heterocycles. The van der Waals surface area contributed by atoms with E-state index in [4.69, 9.17) is 14.2 Å². The van der Waals surface area contributed by atoms with Crippen molar-refractivity contribution in [1.82, 2.24) is 4.31 Å². The van der Waals surface area contributed by atoms with Crippen LogP contribution in [0.5, 0.6) is 11.5 Å². The first-order valence-corrected chi connectivity index (χ1v) is 11.6. The van der Waals surface area contributed by atoms with Crippen LogP contribution in [0.1, 0.15) is 18.1 Å². The molecular weight excluding hydrogens is 420 g/mol. The minimum atomic E-state index is -3.70. The third-order valence-electron chi connectivity index (χ3n) is 4.82. The Morgan fingerprint density at radius 1 is 1.06 bits per heavy atom. The van der Waals surface area contributed by atoms with Gasteiger partial charge in [-0.2, -0.15) is 4.31 Å². The van der Waals surface area contributed by atoms with Crippen LogP contribution in [0, 0.1) is 13.8 Å². The number of ether oxygens (including phenoxy) is 3. The maximum absolute atomic E-state index is 13.0. The number of morpholine rings is 1. The van der Waals surface area contributed by atoms with Crippen molar-refractivity contribution in [3.05, 3.63) is 47.5 Å². The van der Waals surface area contributed by atoms with E-state index < -0.39 is 15.9 Å². The predicted octanol–water partition coefficient (Wildman–Crippen LogP) is 2.74. The van der Waals surface area contributed by atoms with Gasteiger partial charge in [0.2, 0.25) is 10.0 Å². The molecule has 0 saturated carbocycles. The average molecular weight is 449 g/mol. The van der Waals surface area contributed by atoms with E-state index in [2.05, 4.69) is 5.32 Å². The van der Waals surface area contributed by atoms with Gasteiger partial charge in [-0.3, -0.25) is 4.79 Å². The second kappa shape index (κ2) is 10.1. The maximum atomic E-state index is 13.0. The second-order valence-corrected chi connectivity index (χ2v) is 9.15. The van der Waals surface area contributed by atoms with Crippen LogP contribution < -0.4 is 14.8 Å². The zero-order valence-electron chi connectivity index (χ0n) is 18.0. The zero-order valence-corrected chi connectivity index (χ0v) is 18.8. The second-order valence-electron chi connectivity index (χ2n) is 7.21. The number of hydrogen-bond acceptors (Lipinski definition) is 6. The van der Waals surface area contributed by atoms with Gasteiger partial charge in [0.1, 0.15) is 11.5 Å². The molecule has 168 valence electrons. The molecule has 1 N–H and O–H groups in total. The molecule has 31 heavy (non-hydrogen) atoms. The molecule has 8 nitrogen and oxygen atoms in total. The normalized spacial score (nSPS) is 14.8. The summed E-state index contributed by atoms with van der Waals surface area (Å²) in [7, 11) is -3.70. The molecule has 2 aromatic rings. The Hall–Kier alpha value is -2.62. The lowest BCUT2D eigenvalue weighted by Gasteiger charge is -2.26. The summed E-state index contributed by atoms with van der Waals surface area (Å²) in [5, 5.41) is 2.72. The van der Waals surface area contributed by atoms with Crippen LogP contribution >= 0.6 is 0 Å². The summed E-state index contributed by atoms with van der Waals surface area (Å²) in [6.45, 7) is 7.16. The van der Waals surface area contributed by atoms with Crippen molar-refractivity contribution in [2.45, 2.75) is 25.7 Å². The summed E-state index contributed by atoms with van der Waals surface area (Å²) in [6.07, 6.45) is 0. The first-order chi connectivity index (χ1) is 14.8. The van der Waals surface area contributed by atoms with Crippen molar-refractivity contribution in [3.63, 3.8) is 0 Å². The Kier molecular flexibility index (Phi) is 7.53. The van der Waals surface area contributed by atoms with Crippen LogP contribution in [-0.2, 0) is 19.6 Å². The Bertz CT molecular complexity index is 1030. The third kappa shape index (κ3) is 5.75. The summed E-state index contributed by atoms with van der Waals surface area (Å²) in [6, 6.07) is 10.2. The number of nitrogens with one attached hydrogen (secondary N) is 1. The standard InChI is InChI=1S/C22H28N2O6S/c1-4-29-21-8-6-18(31(26,27)24-9-11-28-12-10-24)14-19(21)23-22(25)15-30-20-7-5-16(2)13-17(20)3/h5-8,13-14H,4,9-12,15H2,1-3H3,(H,23,25). The molecule has 0 aromatic heterocycles. The van der Waals surface area contributed by atoms with Crippen molar-refractivity contribution < 1.29 is 27.4 Å². The predicted molar refractivity (Wildman–Crippen MR) is 117 cm³/mol.